The number of unbranched alkanes of at least 4 members (excludes halogenated alkanes) is 1. The van der Waals surface area contributed by atoms with E-state index in [1.165, 1.54) is 16.7 Å². The van der Waals surface area contributed by atoms with Crippen LogP contribution in [0.4, 0.5) is 0 Å². The second kappa shape index (κ2) is 32.2. The van der Waals surface area contributed by atoms with Gasteiger partial charge in [0.05, 0.1) is 12.6 Å². The molecule has 0 unspecified atom stereocenters. The van der Waals surface area contributed by atoms with Gasteiger partial charge >= 0.3 is 17.9 Å². The van der Waals surface area contributed by atoms with Crippen LogP contribution in [0.5, 0.6) is 0 Å². The van der Waals surface area contributed by atoms with Gasteiger partial charge in [-0.2, -0.15) is 0 Å². The molecule has 26 heteroatoms. The summed E-state index contributed by atoms with van der Waals surface area (Å²) in [6.45, 7) is 4.63. The lowest BCUT2D eigenvalue weighted by molar-refractivity contribution is -0.144. The van der Waals surface area contributed by atoms with Crippen molar-refractivity contribution >= 4 is 71.1 Å². The Bertz CT molecular complexity index is 2500. The van der Waals surface area contributed by atoms with E-state index in [-0.39, 0.29) is 38.8 Å². The van der Waals surface area contributed by atoms with E-state index in [9.17, 15) is 67.7 Å². The Morgan fingerprint density at radius 2 is 1.02 bits per heavy atom. The van der Waals surface area contributed by atoms with Gasteiger partial charge in [0, 0.05) is 38.8 Å². The number of rotatable bonds is 32. The molecule has 0 aliphatic carbocycles. The predicted molar refractivity (Wildman–Crippen MR) is 287 cm³/mol. The van der Waals surface area contributed by atoms with Crippen molar-refractivity contribution in [2.45, 2.75) is 159 Å². The number of hydrogen-bond donors (Lipinski definition) is 12. The van der Waals surface area contributed by atoms with E-state index in [4.69, 9.17) is 16.6 Å². The fraction of sp³-hybridized carbons (Fsp3) is 0.556. The largest absolute Gasteiger partial charge is 0.481 e. The van der Waals surface area contributed by atoms with Crippen molar-refractivity contribution in [2.75, 3.05) is 26.2 Å². The van der Waals surface area contributed by atoms with Crippen molar-refractivity contribution in [1.82, 2.24) is 47.0 Å². The number of nitrogens with zero attached hydrogens (tertiary/aromatic N) is 2. The van der Waals surface area contributed by atoms with E-state index in [1.54, 1.807) is 74.5 Å². The summed E-state index contributed by atoms with van der Waals surface area (Å²) in [4.78, 5) is 162. The Morgan fingerprint density at radius 1 is 0.550 bits per heavy atom. The SMILES string of the molecule is CC(C)[C@H](NC(=O)[C@H](CCC(=O)O)NC(=O)[C@@H]1CCCN1C(=O)[C@H](Cc1ccccc1)NC(=O)[C@@H]1CCCN1C(=O)[C@H](C)N)C(=O)N[C@@H](Cc1ccccc1)C(=O)NCC(=O)N[C@@H](CCCCN)C(=O)N[C@@H](CCC(=O)O)C(=O)O. The lowest BCUT2D eigenvalue weighted by Gasteiger charge is -2.32. The molecule has 2 saturated heterocycles. The summed E-state index contributed by atoms with van der Waals surface area (Å²) in [6, 6.07) is 6.01. The number of aliphatic carboxylic acids is 3. The number of carbonyl (C=O) groups is 12. The lowest BCUT2D eigenvalue weighted by atomic mass is 10.00. The molecule has 2 aliphatic rings. The maximum atomic E-state index is 14.5. The Balaban J connectivity index is 1.50. The minimum Gasteiger partial charge on any atom is -0.481 e. The normalized spacial score (nSPS) is 17.5. The molecule has 0 radical (unpaired) electrons. The number of carboxylic acid groups (broad SMARTS) is 3. The van der Waals surface area contributed by atoms with Crippen molar-refractivity contribution in [1.29, 1.82) is 0 Å². The van der Waals surface area contributed by atoms with Crippen molar-refractivity contribution in [3.8, 4) is 0 Å². The van der Waals surface area contributed by atoms with Gasteiger partial charge in [-0.1, -0.05) is 74.5 Å². The molecule has 0 spiro atoms. The molecule has 80 heavy (non-hydrogen) atoms. The molecular weight excluding hydrogens is 1040 g/mol. The molecule has 2 fully saturated rings. The van der Waals surface area contributed by atoms with Gasteiger partial charge in [-0.3, -0.25) is 52.7 Å². The van der Waals surface area contributed by atoms with Gasteiger partial charge in [0.25, 0.3) is 0 Å². The number of benzene rings is 2. The molecule has 0 saturated carbocycles. The zero-order chi connectivity index (χ0) is 59.1. The highest BCUT2D eigenvalue weighted by molar-refractivity contribution is 5.98. The van der Waals surface area contributed by atoms with Crippen LogP contribution in [0.2, 0.25) is 0 Å². The lowest BCUT2D eigenvalue weighted by Crippen LogP contribution is -2.60. The van der Waals surface area contributed by atoms with Gasteiger partial charge in [-0.25, -0.2) is 4.79 Å². The van der Waals surface area contributed by atoms with E-state index in [1.807, 2.05) is 0 Å². The molecule has 14 N–H and O–H groups in total. The smallest absolute Gasteiger partial charge is 0.326 e. The molecule has 4 rings (SSSR count). The van der Waals surface area contributed by atoms with Gasteiger partial charge < -0.3 is 73.8 Å². The first-order chi connectivity index (χ1) is 38.0. The minimum atomic E-state index is -1.58. The number of nitrogens with two attached hydrogens (primary N) is 2. The summed E-state index contributed by atoms with van der Waals surface area (Å²) in [5.41, 5.74) is 12.7. The average molecular weight is 1120 g/mol. The molecular formula is C54H77N11O15. The van der Waals surface area contributed by atoms with Crippen LogP contribution < -0.4 is 48.7 Å². The van der Waals surface area contributed by atoms with Gasteiger partial charge in [0.1, 0.15) is 48.3 Å². The van der Waals surface area contributed by atoms with Crippen LogP contribution in [-0.2, 0) is 70.4 Å². The summed E-state index contributed by atoms with van der Waals surface area (Å²) in [7, 11) is 0. The number of amides is 9. The standard InChI is InChI=1S/C54H77N11O15/c1-31(2)45(51(76)61-38(28-33-14-6-4-7-15-33)46(71)57-30-42(66)58-35(18-10-11-25-55)47(72)60-37(54(79)80)22-24-44(69)70)63-48(73)36(21-23-43(67)68)59-49(74)41-20-13-27-65(41)53(78)39(29-34-16-8-5-9-17-34)62-50(75)40-19-12-26-64(40)52(77)32(3)56/h4-9,14-17,31-32,35-41,45H,10-13,18-30,55-56H2,1-3H3,(H,57,71)(H,58,66)(H,59,74)(H,60,72)(H,61,76)(H,62,75)(H,63,73)(H,67,68)(H,69,70)(H,79,80)/t32-,35-,36-,37-,38-,39-,40-,41-,45-/m0/s1. The number of likely N-dealkylation sites (tertiary alicyclic amines) is 2. The number of carbonyl (C=O) groups excluding carboxylic acids is 9. The minimum absolute atomic E-state index is 0.0140. The van der Waals surface area contributed by atoms with Crippen molar-refractivity contribution in [3.05, 3.63) is 71.8 Å². The Labute approximate surface area is 463 Å². The molecule has 9 atom stereocenters. The molecule has 438 valence electrons. The first kappa shape index (κ1) is 64.5. The van der Waals surface area contributed by atoms with Crippen LogP contribution >= 0.6 is 0 Å². The predicted octanol–water partition coefficient (Wildman–Crippen LogP) is -1.57. The van der Waals surface area contributed by atoms with Gasteiger partial charge in [0.15, 0.2) is 0 Å². The van der Waals surface area contributed by atoms with Crippen LogP contribution in [0.1, 0.15) is 103 Å². The van der Waals surface area contributed by atoms with E-state index in [2.05, 4.69) is 37.2 Å². The summed E-state index contributed by atoms with van der Waals surface area (Å²) < 4.78 is 0. The molecule has 0 aromatic heterocycles. The number of nitrogens with one attached hydrogen (secondary N) is 7. The van der Waals surface area contributed by atoms with Crippen molar-refractivity contribution in [2.24, 2.45) is 17.4 Å². The Kier molecular flexibility index (Phi) is 25.9. The quantitative estimate of drug-likeness (QED) is 0.0368. The van der Waals surface area contributed by atoms with Crippen LogP contribution in [0.15, 0.2) is 60.7 Å². The third kappa shape index (κ3) is 20.3. The molecule has 2 aliphatic heterocycles. The van der Waals surface area contributed by atoms with Crippen LogP contribution in [0, 0.1) is 5.92 Å². The maximum Gasteiger partial charge on any atom is 0.326 e. The number of hydrogen-bond acceptors (Lipinski definition) is 14. The Morgan fingerprint density at radius 3 is 1.52 bits per heavy atom. The van der Waals surface area contributed by atoms with Gasteiger partial charge in [-0.05, 0) is 88.3 Å². The highest BCUT2D eigenvalue weighted by Gasteiger charge is 2.42. The molecule has 2 aromatic rings. The monoisotopic (exact) mass is 1120 g/mol. The average Bonchev–Trinajstić information content (AvgIpc) is 4.17. The first-order valence-corrected chi connectivity index (χ1v) is 26.9. The maximum absolute atomic E-state index is 14.5. The van der Waals surface area contributed by atoms with E-state index < -0.39 is 164 Å². The molecule has 2 heterocycles. The zero-order valence-corrected chi connectivity index (χ0v) is 45.4. The van der Waals surface area contributed by atoms with Gasteiger partial charge in [0.2, 0.25) is 53.2 Å². The third-order valence-corrected chi connectivity index (χ3v) is 13.7. The highest BCUT2D eigenvalue weighted by Crippen LogP contribution is 2.23. The molecule has 0 bridgehead atoms. The second-order valence-corrected chi connectivity index (χ2v) is 20.3. The van der Waals surface area contributed by atoms with E-state index >= 15 is 0 Å². The fourth-order valence-electron chi connectivity index (χ4n) is 9.39. The summed E-state index contributed by atoms with van der Waals surface area (Å²) in [6.07, 6.45) is 0.0742. The van der Waals surface area contributed by atoms with E-state index in [0.29, 0.717) is 49.8 Å². The fourth-order valence-corrected chi connectivity index (χ4v) is 9.39. The zero-order valence-electron chi connectivity index (χ0n) is 45.4. The third-order valence-electron chi connectivity index (χ3n) is 13.7. The van der Waals surface area contributed by atoms with Gasteiger partial charge in [-0.15, -0.1) is 0 Å². The topological polar surface area (TPSA) is 408 Å². The van der Waals surface area contributed by atoms with Crippen molar-refractivity contribution < 1.29 is 72.9 Å². The van der Waals surface area contributed by atoms with Crippen molar-refractivity contribution in [3.63, 3.8) is 0 Å². The first-order valence-electron chi connectivity index (χ1n) is 26.9. The summed E-state index contributed by atoms with van der Waals surface area (Å²) >= 11 is 0. The van der Waals surface area contributed by atoms with Crippen LogP contribution in [0.25, 0.3) is 0 Å². The molecule has 26 nitrogen and oxygen atoms in total. The summed E-state index contributed by atoms with van der Waals surface area (Å²) in [5, 5.41) is 46.1. The molecule has 9 amide bonds. The van der Waals surface area contributed by atoms with Crippen LogP contribution in [-0.4, -0.2) is 177 Å². The number of carboxylic acids is 3. The van der Waals surface area contributed by atoms with E-state index in [0.717, 1.165) is 0 Å². The molecule has 2 aromatic carbocycles. The Hall–Kier alpha value is -8.00. The highest BCUT2D eigenvalue weighted by atomic mass is 16.4. The second-order valence-electron chi connectivity index (χ2n) is 20.3. The summed E-state index contributed by atoms with van der Waals surface area (Å²) in [5.74, 6) is -11.6. The van der Waals surface area contributed by atoms with Crippen LogP contribution in [0.3, 0.4) is 0 Å².